The van der Waals surface area contributed by atoms with Gasteiger partial charge in [0.2, 0.25) is 0 Å². The molecule has 1 aliphatic rings. The number of rotatable bonds is 1. The Morgan fingerprint density at radius 3 is 2.54 bits per heavy atom. The van der Waals surface area contributed by atoms with E-state index < -0.39 is 5.24 Å². The summed E-state index contributed by atoms with van der Waals surface area (Å²) >= 11 is 5.29. The first kappa shape index (κ1) is 8.13. The van der Waals surface area contributed by atoms with E-state index in [1.165, 1.54) is 18.6 Å². The van der Waals surface area contributed by atoms with Crippen molar-refractivity contribution < 1.29 is 14.3 Å². The van der Waals surface area contributed by atoms with Crippen LogP contribution in [0.4, 0.5) is 0 Å². The molecule has 0 amide bonds. The third-order valence-corrected chi connectivity index (χ3v) is 1.83. The van der Waals surface area contributed by atoms with Gasteiger partial charge < -0.3 is 9.47 Å². The number of carbonyl (C=O) groups is 1. The molecular weight excluding hydrogens is 192 g/mol. The zero-order chi connectivity index (χ0) is 9.26. The van der Waals surface area contributed by atoms with Crippen molar-refractivity contribution in [3.8, 4) is 11.5 Å². The van der Waals surface area contributed by atoms with E-state index in [1.54, 1.807) is 12.1 Å². The SMILES string of the molecule is O=C(Cl)c1ccc2c(c1)OC=CO2. The van der Waals surface area contributed by atoms with Crippen LogP contribution in [0, 0.1) is 0 Å². The van der Waals surface area contributed by atoms with E-state index in [0.717, 1.165) is 0 Å². The summed E-state index contributed by atoms with van der Waals surface area (Å²) in [4.78, 5) is 10.8. The van der Waals surface area contributed by atoms with Crippen molar-refractivity contribution in [1.82, 2.24) is 0 Å². The predicted octanol–water partition coefficient (Wildman–Crippen LogP) is 2.31. The third kappa shape index (κ3) is 1.51. The number of carbonyl (C=O) groups excluding carboxylic acids is 1. The van der Waals surface area contributed by atoms with Gasteiger partial charge in [0.15, 0.2) is 11.5 Å². The van der Waals surface area contributed by atoms with Crippen LogP contribution in [0.3, 0.4) is 0 Å². The summed E-state index contributed by atoms with van der Waals surface area (Å²) in [6.45, 7) is 0. The molecule has 0 saturated heterocycles. The zero-order valence-electron chi connectivity index (χ0n) is 6.49. The maximum absolute atomic E-state index is 10.8. The van der Waals surface area contributed by atoms with Gasteiger partial charge in [0, 0.05) is 5.56 Å². The predicted molar refractivity (Wildman–Crippen MR) is 47.0 cm³/mol. The molecule has 0 saturated carbocycles. The lowest BCUT2D eigenvalue weighted by Gasteiger charge is -2.11. The summed E-state index contributed by atoms with van der Waals surface area (Å²) < 4.78 is 10.2. The van der Waals surface area contributed by atoms with Gasteiger partial charge in [0.25, 0.3) is 5.24 Å². The number of benzene rings is 1. The van der Waals surface area contributed by atoms with Gasteiger partial charge in [-0.15, -0.1) is 0 Å². The molecule has 13 heavy (non-hydrogen) atoms. The molecule has 1 heterocycles. The molecule has 0 fully saturated rings. The van der Waals surface area contributed by atoms with Crippen molar-refractivity contribution in [3.05, 3.63) is 36.3 Å². The van der Waals surface area contributed by atoms with Crippen LogP contribution in [-0.4, -0.2) is 5.24 Å². The number of halogens is 1. The summed E-state index contributed by atoms with van der Waals surface area (Å²) in [5, 5.41) is -0.513. The Kier molecular flexibility index (Phi) is 1.94. The van der Waals surface area contributed by atoms with Gasteiger partial charge in [-0.05, 0) is 29.8 Å². The molecule has 3 nitrogen and oxygen atoms in total. The van der Waals surface area contributed by atoms with Gasteiger partial charge in [-0.3, -0.25) is 4.79 Å². The monoisotopic (exact) mass is 196 g/mol. The fourth-order valence-electron chi connectivity index (χ4n) is 1.02. The van der Waals surface area contributed by atoms with Crippen LogP contribution >= 0.6 is 11.6 Å². The van der Waals surface area contributed by atoms with Crippen LogP contribution in [0.2, 0.25) is 0 Å². The molecular formula is C9H5ClO3. The first-order valence-corrected chi connectivity index (χ1v) is 3.97. The second-order valence-electron chi connectivity index (χ2n) is 2.44. The van der Waals surface area contributed by atoms with Gasteiger partial charge in [-0.25, -0.2) is 0 Å². The molecule has 0 spiro atoms. The third-order valence-electron chi connectivity index (χ3n) is 1.62. The lowest BCUT2D eigenvalue weighted by molar-refractivity contribution is 0.108. The molecule has 0 aliphatic carbocycles. The van der Waals surface area contributed by atoms with E-state index in [0.29, 0.717) is 17.1 Å². The Bertz CT molecular complexity index is 384. The van der Waals surface area contributed by atoms with E-state index in [-0.39, 0.29) is 0 Å². The Labute approximate surface area is 79.5 Å². The largest absolute Gasteiger partial charge is 0.458 e. The molecule has 0 bridgehead atoms. The highest BCUT2D eigenvalue weighted by Gasteiger charge is 2.11. The van der Waals surface area contributed by atoms with Crippen molar-refractivity contribution in [3.63, 3.8) is 0 Å². The Hall–Kier alpha value is -1.48. The molecule has 1 aromatic rings. The van der Waals surface area contributed by atoms with Crippen molar-refractivity contribution in [2.75, 3.05) is 0 Å². The quantitative estimate of drug-likeness (QED) is 0.647. The summed E-state index contributed by atoms with van der Waals surface area (Å²) in [6, 6.07) is 4.75. The standard InChI is InChI=1S/C9H5ClO3/c10-9(11)6-1-2-7-8(5-6)13-4-3-12-7/h1-5H. The number of hydrogen-bond donors (Lipinski definition) is 0. The lowest BCUT2D eigenvalue weighted by Crippen LogP contribution is -1.98. The van der Waals surface area contributed by atoms with Gasteiger partial charge in [-0.2, -0.15) is 0 Å². The summed E-state index contributed by atoms with van der Waals surface area (Å²) in [5.74, 6) is 1.07. The molecule has 0 atom stereocenters. The van der Waals surface area contributed by atoms with E-state index in [2.05, 4.69) is 0 Å². The Balaban J connectivity index is 2.44. The van der Waals surface area contributed by atoms with Crippen molar-refractivity contribution >= 4 is 16.8 Å². The van der Waals surface area contributed by atoms with Gasteiger partial charge in [-0.1, -0.05) is 0 Å². The van der Waals surface area contributed by atoms with Crippen molar-refractivity contribution in [2.24, 2.45) is 0 Å². The van der Waals surface area contributed by atoms with E-state index >= 15 is 0 Å². The Morgan fingerprint density at radius 2 is 1.85 bits per heavy atom. The summed E-state index contributed by atoms with van der Waals surface area (Å²) in [6.07, 6.45) is 2.81. The zero-order valence-corrected chi connectivity index (χ0v) is 7.25. The minimum atomic E-state index is -0.513. The minimum Gasteiger partial charge on any atom is -0.458 e. The molecule has 2 rings (SSSR count). The fraction of sp³-hybridized carbons (Fsp3) is 0. The van der Waals surface area contributed by atoms with Gasteiger partial charge in [0.05, 0.1) is 0 Å². The van der Waals surface area contributed by atoms with Crippen LogP contribution in [0.5, 0.6) is 11.5 Å². The first-order chi connectivity index (χ1) is 6.27. The highest BCUT2D eigenvalue weighted by molar-refractivity contribution is 6.67. The van der Waals surface area contributed by atoms with Crippen molar-refractivity contribution in [1.29, 1.82) is 0 Å². The summed E-state index contributed by atoms with van der Waals surface area (Å²) in [5.41, 5.74) is 0.388. The molecule has 0 N–H and O–H groups in total. The fourth-order valence-corrected chi connectivity index (χ4v) is 1.14. The number of hydrogen-bond acceptors (Lipinski definition) is 3. The second kappa shape index (κ2) is 3.11. The molecule has 66 valence electrons. The van der Waals surface area contributed by atoms with Crippen LogP contribution in [0.15, 0.2) is 30.7 Å². The second-order valence-corrected chi connectivity index (χ2v) is 2.79. The van der Waals surface area contributed by atoms with Crippen molar-refractivity contribution in [2.45, 2.75) is 0 Å². The Morgan fingerprint density at radius 1 is 1.15 bits per heavy atom. The smallest absolute Gasteiger partial charge is 0.252 e. The van der Waals surface area contributed by atoms with Crippen LogP contribution in [0.25, 0.3) is 0 Å². The van der Waals surface area contributed by atoms with Crippen LogP contribution in [0.1, 0.15) is 10.4 Å². The normalized spacial score (nSPS) is 12.7. The van der Waals surface area contributed by atoms with Crippen LogP contribution < -0.4 is 9.47 Å². The number of ether oxygens (including phenoxy) is 2. The molecule has 4 heteroatoms. The molecule has 0 aromatic heterocycles. The van der Waals surface area contributed by atoms with E-state index in [4.69, 9.17) is 21.1 Å². The molecule has 1 aromatic carbocycles. The molecule has 0 unspecified atom stereocenters. The topological polar surface area (TPSA) is 35.5 Å². The van der Waals surface area contributed by atoms with E-state index in [9.17, 15) is 4.79 Å². The summed E-state index contributed by atoms with van der Waals surface area (Å²) in [7, 11) is 0. The molecule has 0 radical (unpaired) electrons. The average molecular weight is 197 g/mol. The first-order valence-electron chi connectivity index (χ1n) is 3.59. The average Bonchev–Trinajstić information content (AvgIpc) is 2.17. The van der Waals surface area contributed by atoms with E-state index in [1.807, 2.05) is 0 Å². The maximum Gasteiger partial charge on any atom is 0.252 e. The van der Waals surface area contributed by atoms with Gasteiger partial charge in [0.1, 0.15) is 12.5 Å². The number of fused-ring (bicyclic) bond motifs is 1. The maximum atomic E-state index is 10.8. The van der Waals surface area contributed by atoms with Crippen LogP contribution in [-0.2, 0) is 0 Å². The molecule has 1 aliphatic heterocycles. The highest BCUT2D eigenvalue weighted by atomic mass is 35.5. The lowest BCUT2D eigenvalue weighted by atomic mass is 10.2. The minimum absolute atomic E-state index is 0.388. The van der Waals surface area contributed by atoms with Gasteiger partial charge >= 0.3 is 0 Å². The highest BCUT2D eigenvalue weighted by Crippen LogP contribution is 2.31.